The number of hydrogen-bond acceptors (Lipinski definition) is 5. The van der Waals surface area contributed by atoms with E-state index in [2.05, 4.69) is 10.1 Å². The molecule has 3 rings (SSSR count). The van der Waals surface area contributed by atoms with E-state index in [4.69, 9.17) is 15.0 Å². The molecule has 0 saturated carbocycles. The van der Waals surface area contributed by atoms with E-state index in [1.54, 1.807) is 36.7 Å². The van der Waals surface area contributed by atoms with Gasteiger partial charge in [-0.3, -0.25) is 4.98 Å². The fourth-order valence-corrected chi connectivity index (χ4v) is 2.17. The van der Waals surface area contributed by atoms with E-state index >= 15 is 0 Å². The van der Waals surface area contributed by atoms with Gasteiger partial charge in [0.2, 0.25) is 5.88 Å². The zero-order valence-corrected chi connectivity index (χ0v) is 11.2. The van der Waals surface area contributed by atoms with Gasteiger partial charge < -0.3 is 15.0 Å². The van der Waals surface area contributed by atoms with Gasteiger partial charge in [0.1, 0.15) is 17.3 Å². The number of methoxy groups -OCH3 is 1. The number of nitrogens with two attached hydrogens (primary N) is 1. The van der Waals surface area contributed by atoms with E-state index in [1.165, 1.54) is 13.2 Å². The Labute approximate surface area is 120 Å². The van der Waals surface area contributed by atoms with Crippen molar-refractivity contribution in [3.63, 3.8) is 0 Å². The Kier molecular flexibility index (Phi) is 3.27. The fraction of sp³-hybridized carbons (Fsp3) is 0.0667. The Bertz CT molecular complexity index is 772. The van der Waals surface area contributed by atoms with Crippen LogP contribution in [0.2, 0.25) is 0 Å². The van der Waals surface area contributed by atoms with Crippen LogP contribution in [-0.2, 0) is 0 Å². The second-order valence-electron chi connectivity index (χ2n) is 4.33. The van der Waals surface area contributed by atoms with Crippen LogP contribution in [0.1, 0.15) is 0 Å². The molecule has 5 nitrogen and oxygen atoms in total. The van der Waals surface area contributed by atoms with Gasteiger partial charge in [-0.1, -0.05) is 17.3 Å². The molecule has 2 heterocycles. The molecular formula is C15H12FN3O2. The summed E-state index contributed by atoms with van der Waals surface area (Å²) in [4.78, 5) is 4.03. The molecule has 2 aromatic heterocycles. The van der Waals surface area contributed by atoms with E-state index in [1.807, 2.05) is 0 Å². The number of hydrogen-bond donors (Lipinski definition) is 1. The Morgan fingerprint density at radius 3 is 2.76 bits per heavy atom. The third kappa shape index (κ3) is 2.20. The van der Waals surface area contributed by atoms with Crippen molar-refractivity contribution in [2.75, 3.05) is 12.8 Å². The van der Waals surface area contributed by atoms with Gasteiger partial charge in [0, 0.05) is 18.0 Å². The first-order valence-corrected chi connectivity index (χ1v) is 6.20. The second-order valence-corrected chi connectivity index (χ2v) is 4.33. The second kappa shape index (κ2) is 5.24. The van der Waals surface area contributed by atoms with Crippen molar-refractivity contribution in [1.82, 2.24) is 10.1 Å². The lowest BCUT2D eigenvalue weighted by Crippen LogP contribution is -1.94. The van der Waals surface area contributed by atoms with Crippen LogP contribution >= 0.6 is 0 Å². The molecule has 6 heteroatoms. The smallest absolute Gasteiger partial charge is 0.230 e. The van der Waals surface area contributed by atoms with Crippen molar-refractivity contribution in [3.05, 3.63) is 48.5 Å². The zero-order valence-electron chi connectivity index (χ0n) is 11.2. The molecule has 0 bridgehead atoms. The number of ether oxygens (including phenoxy) is 1. The number of nitrogens with zero attached hydrogens (tertiary/aromatic N) is 2. The van der Waals surface area contributed by atoms with E-state index in [0.29, 0.717) is 16.9 Å². The number of anilines is 1. The molecule has 0 radical (unpaired) electrons. The highest BCUT2D eigenvalue weighted by atomic mass is 19.1. The summed E-state index contributed by atoms with van der Waals surface area (Å²) in [7, 11) is 1.46. The van der Waals surface area contributed by atoms with Crippen LogP contribution in [0.3, 0.4) is 0 Å². The van der Waals surface area contributed by atoms with Gasteiger partial charge in [0.05, 0.1) is 18.2 Å². The molecule has 0 aliphatic carbocycles. The van der Waals surface area contributed by atoms with Crippen LogP contribution in [0.25, 0.3) is 22.4 Å². The predicted molar refractivity (Wildman–Crippen MR) is 76.1 cm³/mol. The third-order valence-electron chi connectivity index (χ3n) is 3.10. The SMILES string of the molecule is COc1cccc(F)c1-c1noc(N)c1-c1cccnc1. The number of aromatic nitrogens is 2. The molecule has 1 aromatic carbocycles. The summed E-state index contributed by atoms with van der Waals surface area (Å²) in [5, 5.41) is 3.88. The maximum absolute atomic E-state index is 14.2. The Hall–Kier alpha value is -2.89. The molecule has 0 spiro atoms. The lowest BCUT2D eigenvalue weighted by Gasteiger charge is -2.08. The van der Waals surface area contributed by atoms with Crippen molar-refractivity contribution < 1.29 is 13.7 Å². The molecule has 2 N–H and O–H groups in total. The minimum absolute atomic E-state index is 0.100. The topological polar surface area (TPSA) is 74.2 Å². The van der Waals surface area contributed by atoms with Crippen molar-refractivity contribution in [1.29, 1.82) is 0 Å². The maximum atomic E-state index is 14.2. The van der Waals surface area contributed by atoms with Crippen LogP contribution in [0.15, 0.2) is 47.2 Å². The van der Waals surface area contributed by atoms with Crippen LogP contribution in [-0.4, -0.2) is 17.3 Å². The minimum atomic E-state index is -0.465. The predicted octanol–water partition coefficient (Wildman–Crippen LogP) is 3.13. The first-order valence-electron chi connectivity index (χ1n) is 6.20. The Balaban J connectivity index is 2.27. The monoisotopic (exact) mass is 285 g/mol. The van der Waals surface area contributed by atoms with Crippen molar-refractivity contribution >= 4 is 5.88 Å². The molecule has 0 unspecified atom stereocenters. The average molecular weight is 285 g/mol. The zero-order chi connectivity index (χ0) is 14.8. The fourth-order valence-electron chi connectivity index (χ4n) is 2.17. The number of pyridine rings is 1. The summed E-state index contributed by atoms with van der Waals surface area (Å²) in [5.41, 5.74) is 7.51. The largest absolute Gasteiger partial charge is 0.496 e. The molecule has 21 heavy (non-hydrogen) atoms. The molecule has 0 saturated heterocycles. The molecule has 0 fully saturated rings. The quantitative estimate of drug-likeness (QED) is 0.800. The molecule has 0 aliphatic heterocycles. The number of rotatable bonds is 3. The molecular weight excluding hydrogens is 273 g/mol. The molecule has 0 amide bonds. The summed E-state index contributed by atoms with van der Waals surface area (Å²) in [5.74, 6) is -0.00969. The normalized spacial score (nSPS) is 10.6. The van der Waals surface area contributed by atoms with Gasteiger partial charge in [-0.15, -0.1) is 0 Å². The van der Waals surface area contributed by atoms with Gasteiger partial charge in [0.15, 0.2) is 0 Å². The van der Waals surface area contributed by atoms with E-state index in [-0.39, 0.29) is 17.1 Å². The van der Waals surface area contributed by atoms with Gasteiger partial charge in [0.25, 0.3) is 0 Å². The Morgan fingerprint density at radius 1 is 1.19 bits per heavy atom. The maximum Gasteiger partial charge on any atom is 0.230 e. The lowest BCUT2D eigenvalue weighted by molar-refractivity contribution is 0.410. The van der Waals surface area contributed by atoms with Crippen LogP contribution in [0.5, 0.6) is 5.75 Å². The van der Waals surface area contributed by atoms with Crippen LogP contribution in [0.4, 0.5) is 10.3 Å². The summed E-state index contributed by atoms with van der Waals surface area (Å²) in [6.45, 7) is 0. The highest BCUT2D eigenvalue weighted by Crippen LogP contribution is 2.40. The summed E-state index contributed by atoms with van der Waals surface area (Å²) < 4.78 is 24.4. The van der Waals surface area contributed by atoms with Gasteiger partial charge >= 0.3 is 0 Å². The Morgan fingerprint density at radius 2 is 2.05 bits per heavy atom. The number of nitrogen functional groups attached to an aromatic ring is 1. The van der Waals surface area contributed by atoms with Gasteiger partial charge in [-0.2, -0.15) is 0 Å². The van der Waals surface area contributed by atoms with Crippen molar-refractivity contribution in [2.45, 2.75) is 0 Å². The first-order chi connectivity index (χ1) is 10.2. The third-order valence-corrected chi connectivity index (χ3v) is 3.10. The van der Waals surface area contributed by atoms with Crippen molar-refractivity contribution in [3.8, 4) is 28.1 Å². The van der Waals surface area contributed by atoms with E-state index < -0.39 is 5.82 Å². The molecule has 0 atom stereocenters. The van der Waals surface area contributed by atoms with Crippen LogP contribution in [0, 0.1) is 5.82 Å². The van der Waals surface area contributed by atoms with Gasteiger partial charge in [-0.05, 0) is 18.2 Å². The van der Waals surface area contributed by atoms with Gasteiger partial charge in [-0.25, -0.2) is 4.39 Å². The summed E-state index contributed by atoms with van der Waals surface area (Å²) in [6, 6.07) is 8.09. The highest BCUT2D eigenvalue weighted by molar-refractivity contribution is 5.88. The molecule has 0 aliphatic rings. The lowest BCUT2D eigenvalue weighted by atomic mass is 10.0. The molecule has 3 aromatic rings. The summed E-state index contributed by atoms with van der Waals surface area (Å²) >= 11 is 0. The number of benzene rings is 1. The average Bonchev–Trinajstić information content (AvgIpc) is 2.89. The minimum Gasteiger partial charge on any atom is -0.496 e. The standard InChI is InChI=1S/C15H12FN3O2/c1-20-11-6-2-5-10(16)13(11)14-12(15(17)21-19-14)9-4-3-7-18-8-9/h2-8H,17H2,1H3. The van der Waals surface area contributed by atoms with E-state index in [0.717, 1.165) is 0 Å². The summed E-state index contributed by atoms with van der Waals surface area (Å²) in [6.07, 6.45) is 3.25. The first kappa shape index (κ1) is 13.1. The number of halogens is 1. The molecule has 106 valence electrons. The van der Waals surface area contributed by atoms with Crippen molar-refractivity contribution in [2.24, 2.45) is 0 Å². The highest BCUT2D eigenvalue weighted by Gasteiger charge is 2.23. The van der Waals surface area contributed by atoms with Crippen LogP contribution < -0.4 is 10.5 Å². The van der Waals surface area contributed by atoms with E-state index in [9.17, 15) is 4.39 Å².